The van der Waals surface area contributed by atoms with Crippen LogP contribution < -0.4 is 14.8 Å². The summed E-state index contributed by atoms with van der Waals surface area (Å²) in [7, 11) is -3.73. The maximum absolute atomic E-state index is 12.6. The number of benzene rings is 3. The number of carbonyl (C=O) groups excluding carboxylic acids is 1. The summed E-state index contributed by atoms with van der Waals surface area (Å²) in [5.74, 6) is 0.334. The quantitative estimate of drug-likeness (QED) is 0.554. The average molecular weight is 439 g/mol. The van der Waals surface area contributed by atoms with Gasteiger partial charge in [0.25, 0.3) is 15.9 Å². The summed E-state index contributed by atoms with van der Waals surface area (Å²) in [6.45, 7) is 7.44. The Morgan fingerprint density at radius 2 is 1.55 bits per heavy atom. The van der Waals surface area contributed by atoms with Crippen LogP contribution in [0.4, 0.5) is 11.4 Å². The number of hydrogen-bond donors (Lipinski definition) is 2. The van der Waals surface area contributed by atoms with Crippen molar-refractivity contribution in [2.24, 2.45) is 0 Å². The van der Waals surface area contributed by atoms with Crippen LogP contribution in [0, 0.1) is 20.8 Å². The molecule has 31 heavy (non-hydrogen) atoms. The van der Waals surface area contributed by atoms with E-state index in [1.807, 2.05) is 45.0 Å². The Hall–Kier alpha value is -3.32. The number of ether oxygens (including phenoxy) is 1. The number of anilines is 2. The van der Waals surface area contributed by atoms with Crippen molar-refractivity contribution < 1.29 is 17.9 Å². The lowest BCUT2D eigenvalue weighted by atomic mass is 10.1. The minimum absolute atomic E-state index is 0.103. The molecule has 162 valence electrons. The first-order chi connectivity index (χ1) is 14.6. The van der Waals surface area contributed by atoms with E-state index in [-0.39, 0.29) is 10.8 Å². The van der Waals surface area contributed by atoms with Gasteiger partial charge in [0.15, 0.2) is 6.10 Å². The van der Waals surface area contributed by atoms with Crippen molar-refractivity contribution in [3.8, 4) is 5.75 Å². The molecule has 0 fully saturated rings. The van der Waals surface area contributed by atoms with E-state index in [9.17, 15) is 13.2 Å². The highest BCUT2D eigenvalue weighted by molar-refractivity contribution is 7.92. The third kappa shape index (κ3) is 5.86. The molecule has 1 amide bonds. The average Bonchev–Trinajstić information content (AvgIpc) is 2.70. The molecule has 0 spiro atoms. The van der Waals surface area contributed by atoms with Crippen molar-refractivity contribution in [1.29, 1.82) is 0 Å². The number of sulfonamides is 1. The van der Waals surface area contributed by atoms with Crippen LogP contribution in [0.1, 0.15) is 23.6 Å². The van der Waals surface area contributed by atoms with Crippen molar-refractivity contribution >= 4 is 27.3 Å². The van der Waals surface area contributed by atoms with Gasteiger partial charge in [0.1, 0.15) is 5.75 Å². The number of aryl methyl sites for hydroxylation is 3. The van der Waals surface area contributed by atoms with Crippen LogP contribution in [0.15, 0.2) is 71.6 Å². The van der Waals surface area contributed by atoms with Crippen LogP contribution in [0.25, 0.3) is 0 Å². The third-order valence-electron chi connectivity index (χ3n) is 4.72. The highest BCUT2D eigenvalue weighted by Crippen LogP contribution is 2.22. The fraction of sp³-hybridized carbons (Fsp3) is 0.208. The summed E-state index contributed by atoms with van der Waals surface area (Å²) >= 11 is 0. The van der Waals surface area contributed by atoms with Crippen LogP contribution in [0.5, 0.6) is 5.75 Å². The van der Waals surface area contributed by atoms with Crippen molar-refractivity contribution in [1.82, 2.24) is 0 Å². The zero-order valence-electron chi connectivity index (χ0n) is 18.0. The number of nitrogens with one attached hydrogen (secondary N) is 2. The van der Waals surface area contributed by atoms with Gasteiger partial charge >= 0.3 is 0 Å². The second kappa shape index (κ2) is 9.22. The van der Waals surface area contributed by atoms with Crippen LogP contribution in [-0.2, 0) is 14.8 Å². The molecule has 0 aliphatic heterocycles. The van der Waals surface area contributed by atoms with Gasteiger partial charge in [0, 0.05) is 11.4 Å². The highest BCUT2D eigenvalue weighted by atomic mass is 32.2. The normalized spacial score (nSPS) is 12.1. The largest absolute Gasteiger partial charge is 0.481 e. The lowest BCUT2D eigenvalue weighted by Gasteiger charge is -2.17. The molecule has 0 aromatic heterocycles. The van der Waals surface area contributed by atoms with Crippen LogP contribution >= 0.6 is 0 Å². The molecule has 3 rings (SSSR count). The molecule has 7 heteroatoms. The second-order valence-electron chi connectivity index (χ2n) is 7.52. The molecule has 0 aliphatic carbocycles. The monoisotopic (exact) mass is 438 g/mol. The topological polar surface area (TPSA) is 84.5 Å². The molecular formula is C24H26N2O4S. The van der Waals surface area contributed by atoms with Gasteiger partial charge in [0.2, 0.25) is 0 Å². The Morgan fingerprint density at radius 3 is 2.23 bits per heavy atom. The Balaban J connectivity index is 1.65. The van der Waals surface area contributed by atoms with E-state index >= 15 is 0 Å². The van der Waals surface area contributed by atoms with Crippen molar-refractivity contribution in [2.75, 3.05) is 10.0 Å². The van der Waals surface area contributed by atoms with Crippen LogP contribution in [0.2, 0.25) is 0 Å². The van der Waals surface area contributed by atoms with E-state index in [0.717, 1.165) is 16.7 Å². The number of hydrogen-bond acceptors (Lipinski definition) is 4. The molecule has 0 aliphatic rings. The summed E-state index contributed by atoms with van der Waals surface area (Å²) in [5, 5.41) is 2.75. The number of carbonyl (C=O) groups is 1. The standard InChI is InChI=1S/C24H26N2O4S/c1-16-6-5-7-21(14-16)26-31(28,29)22-12-10-20(11-13-22)25-24(27)19(4)30-23-15-17(2)8-9-18(23)3/h5-15,19,26H,1-4H3,(H,25,27). The van der Waals surface area contributed by atoms with Crippen LogP contribution in [-0.4, -0.2) is 20.4 Å². The lowest BCUT2D eigenvalue weighted by molar-refractivity contribution is -0.122. The summed E-state index contributed by atoms with van der Waals surface area (Å²) < 4.78 is 33.5. The van der Waals surface area contributed by atoms with Gasteiger partial charge in [0.05, 0.1) is 4.90 Å². The lowest BCUT2D eigenvalue weighted by Crippen LogP contribution is -2.30. The van der Waals surface area contributed by atoms with Gasteiger partial charge in [-0.25, -0.2) is 8.42 Å². The maximum atomic E-state index is 12.6. The van der Waals surface area contributed by atoms with E-state index in [0.29, 0.717) is 17.1 Å². The zero-order chi connectivity index (χ0) is 22.6. The van der Waals surface area contributed by atoms with Crippen LogP contribution in [0.3, 0.4) is 0 Å². The summed E-state index contributed by atoms with van der Waals surface area (Å²) in [6.07, 6.45) is -0.716. The van der Waals surface area contributed by atoms with Gasteiger partial charge in [-0.05, 0) is 86.8 Å². The summed E-state index contributed by atoms with van der Waals surface area (Å²) in [6, 6.07) is 18.9. The van der Waals surface area contributed by atoms with Crippen molar-refractivity contribution in [3.05, 3.63) is 83.4 Å². The second-order valence-corrected chi connectivity index (χ2v) is 9.20. The molecule has 0 saturated carbocycles. The molecule has 2 N–H and O–H groups in total. The predicted molar refractivity (Wildman–Crippen MR) is 123 cm³/mol. The van der Waals surface area contributed by atoms with E-state index < -0.39 is 16.1 Å². The zero-order valence-corrected chi connectivity index (χ0v) is 18.8. The molecule has 0 radical (unpaired) electrons. The molecule has 3 aromatic rings. The summed E-state index contributed by atoms with van der Waals surface area (Å²) in [5.41, 5.74) is 3.92. The SMILES string of the molecule is Cc1cccc(NS(=O)(=O)c2ccc(NC(=O)C(C)Oc3cc(C)ccc3C)cc2)c1. The molecule has 6 nitrogen and oxygen atoms in total. The van der Waals surface area contributed by atoms with E-state index in [2.05, 4.69) is 10.0 Å². The molecule has 0 saturated heterocycles. The molecule has 1 atom stereocenters. The van der Waals surface area contributed by atoms with E-state index in [1.54, 1.807) is 37.3 Å². The Morgan fingerprint density at radius 1 is 0.871 bits per heavy atom. The third-order valence-corrected chi connectivity index (χ3v) is 6.12. The molecule has 0 bridgehead atoms. The minimum Gasteiger partial charge on any atom is -0.481 e. The van der Waals surface area contributed by atoms with Gasteiger partial charge < -0.3 is 10.1 Å². The van der Waals surface area contributed by atoms with Crippen molar-refractivity contribution in [2.45, 2.75) is 38.7 Å². The number of amides is 1. The van der Waals surface area contributed by atoms with E-state index in [1.165, 1.54) is 12.1 Å². The van der Waals surface area contributed by atoms with E-state index in [4.69, 9.17) is 4.74 Å². The minimum atomic E-state index is -3.73. The summed E-state index contributed by atoms with van der Waals surface area (Å²) in [4.78, 5) is 12.6. The first-order valence-corrected chi connectivity index (χ1v) is 11.4. The predicted octanol–water partition coefficient (Wildman–Crippen LogP) is 4.82. The highest BCUT2D eigenvalue weighted by Gasteiger charge is 2.18. The van der Waals surface area contributed by atoms with Gasteiger partial charge in [-0.3, -0.25) is 9.52 Å². The number of rotatable bonds is 7. The Kier molecular flexibility index (Phi) is 6.65. The smallest absolute Gasteiger partial charge is 0.265 e. The molecular weight excluding hydrogens is 412 g/mol. The van der Waals surface area contributed by atoms with Gasteiger partial charge in [-0.15, -0.1) is 0 Å². The first-order valence-electron chi connectivity index (χ1n) is 9.88. The van der Waals surface area contributed by atoms with Crippen molar-refractivity contribution in [3.63, 3.8) is 0 Å². The fourth-order valence-electron chi connectivity index (χ4n) is 2.96. The van der Waals surface area contributed by atoms with Gasteiger partial charge in [-0.2, -0.15) is 0 Å². The van der Waals surface area contributed by atoms with Gasteiger partial charge in [-0.1, -0.05) is 24.3 Å². The fourth-order valence-corrected chi connectivity index (χ4v) is 4.01. The maximum Gasteiger partial charge on any atom is 0.265 e. The Labute approximate surface area is 183 Å². The first kappa shape index (κ1) is 22.4. The molecule has 3 aromatic carbocycles. The Bertz CT molecular complexity index is 1190. The molecule has 1 unspecified atom stereocenters. The molecule has 0 heterocycles.